The monoisotopic (exact) mass is 397 g/mol. The minimum Gasteiger partial charge on any atom is -0.463 e. The van der Waals surface area contributed by atoms with E-state index in [-0.39, 0.29) is 5.43 Å². The van der Waals surface area contributed by atoms with Crippen LogP contribution in [-0.2, 0) is 0 Å². The summed E-state index contributed by atoms with van der Waals surface area (Å²) in [6, 6.07) is 20.2. The van der Waals surface area contributed by atoms with E-state index in [9.17, 15) is 4.79 Å². The summed E-state index contributed by atoms with van der Waals surface area (Å²) < 4.78 is 5.85. The molecule has 0 spiro atoms. The average molecular weight is 397 g/mol. The second kappa shape index (κ2) is 7.76. The Morgan fingerprint density at radius 3 is 2.60 bits per heavy atom. The number of hydrogen-bond donors (Lipinski definition) is 1. The molecule has 2 aromatic carbocycles. The minimum atomic E-state index is -0.0400. The van der Waals surface area contributed by atoms with E-state index < -0.39 is 0 Å². The topological polar surface area (TPSA) is 58.4 Å². The average Bonchev–Trinajstić information content (AvgIpc) is 3.29. The molecule has 5 nitrogen and oxygen atoms in total. The molecule has 1 fully saturated rings. The first-order valence-corrected chi connectivity index (χ1v) is 10.2. The van der Waals surface area contributed by atoms with Crippen LogP contribution < -0.4 is 15.6 Å². The highest BCUT2D eigenvalue weighted by molar-refractivity contribution is 5.85. The van der Waals surface area contributed by atoms with Crippen molar-refractivity contribution in [2.45, 2.75) is 12.5 Å². The summed E-state index contributed by atoms with van der Waals surface area (Å²) in [5, 5.41) is 3.89. The van der Waals surface area contributed by atoms with E-state index in [1.54, 1.807) is 12.5 Å². The summed E-state index contributed by atoms with van der Waals surface area (Å²) >= 11 is 0. The molecule has 0 unspecified atom stereocenters. The quantitative estimate of drug-likeness (QED) is 0.556. The first kappa shape index (κ1) is 18.6. The Balaban J connectivity index is 1.46. The fraction of sp³-hybridized carbons (Fsp3) is 0.200. The maximum Gasteiger partial charge on any atom is 0.200 e. The van der Waals surface area contributed by atoms with Gasteiger partial charge in [-0.25, -0.2) is 4.98 Å². The Morgan fingerprint density at radius 2 is 1.87 bits per heavy atom. The number of aromatic nitrogens is 1. The molecule has 0 bridgehead atoms. The highest BCUT2D eigenvalue weighted by Gasteiger charge is 2.22. The molecule has 1 aliphatic heterocycles. The smallest absolute Gasteiger partial charge is 0.200 e. The van der Waals surface area contributed by atoms with E-state index in [4.69, 9.17) is 4.42 Å². The maximum absolute atomic E-state index is 13.1. The fourth-order valence-electron chi connectivity index (χ4n) is 4.07. The van der Waals surface area contributed by atoms with E-state index in [1.165, 1.54) is 0 Å². The van der Waals surface area contributed by atoms with Gasteiger partial charge in [-0.1, -0.05) is 36.4 Å². The Hall–Kier alpha value is -3.44. The van der Waals surface area contributed by atoms with E-state index in [0.29, 0.717) is 22.6 Å². The highest BCUT2D eigenvalue weighted by atomic mass is 16.3. The van der Waals surface area contributed by atoms with Crippen molar-refractivity contribution in [1.82, 2.24) is 10.3 Å². The van der Waals surface area contributed by atoms with Crippen LogP contribution in [0.2, 0.25) is 0 Å². The Morgan fingerprint density at radius 1 is 1.03 bits per heavy atom. The summed E-state index contributed by atoms with van der Waals surface area (Å²) in [6.07, 6.45) is 4.42. The van der Waals surface area contributed by atoms with Gasteiger partial charge in [0, 0.05) is 30.9 Å². The molecule has 150 valence electrons. The van der Waals surface area contributed by atoms with Gasteiger partial charge in [-0.3, -0.25) is 4.79 Å². The molecular weight excluding hydrogens is 374 g/mol. The summed E-state index contributed by atoms with van der Waals surface area (Å²) in [6.45, 7) is 1.93. The van der Waals surface area contributed by atoms with Gasteiger partial charge in [0.2, 0.25) is 5.43 Å². The van der Waals surface area contributed by atoms with Gasteiger partial charge in [-0.2, -0.15) is 0 Å². The van der Waals surface area contributed by atoms with Crippen LogP contribution in [0.1, 0.15) is 6.42 Å². The minimum absolute atomic E-state index is 0.0400. The van der Waals surface area contributed by atoms with Crippen LogP contribution in [0.15, 0.2) is 82.3 Å². The fourth-order valence-corrected chi connectivity index (χ4v) is 4.07. The third-order valence-corrected chi connectivity index (χ3v) is 5.86. The third kappa shape index (κ3) is 3.37. The van der Waals surface area contributed by atoms with Crippen molar-refractivity contribution in [1.29, 1.82) is 0 Å². The SMILES string of the molecule is CN[C@H]1CCN(c2ccc(-c3coc4cc(-c5ccccc5)ccc4c3=O)cn2)C1. The zero-order valence-electron chi connectivity index (χ0n) is 16.8. The van der Waals surface area contributed by atoms with Crippen LogP contribution >= 0.6 is 0 Å². The Kier molecular flexibility index (Phi) is 4.81. The number of nitrogens with zero attached hydrogens (tertiary/aromatic N) is 2. The largest absolute Gasteiger partial charge is 0.463 e. The van der Waals surface area contributed by atoms with Crippen molar-refractivity contribution in [3.05, 3.63) is 83.3 Å². The number of hydrogen-bond acceptors (Lipinski definition) is 5. The van der Waals surface area contributed by atoms with Gasteiger partial charge < -0.3 is 14.6 Å². The van der Waals surface area contributed by atoms with Gasteiger partial charge in [0.05, 0.1) is 10.9 Å². The number of fused-ring (bicyclic) bond motifs is 1. The summed E-state index contributed by atoms with van der Waals surface area (Å²) in [4.78, 5) is 20.0. The molecule has 0 saturated carbocycles. The van der Waals surface area contributed by atoms with Crippen LogP contribution in [0.3, 0.4) is 0 Å². The molecule has 3 heterocycles. The lowest BCUT2D eigenvalue weighted by molar-refractivity contribution is 0.604. The predicted octanol–water partition coefficient (Wildman–Crippen LogP) is 4.32. The molecule has 1 saturated heterocycles. The van der Waals surface area contributed by atoms with E-state index in [1.807, 2.05) is 67.7 Å². The van der Waals surface area contributed by atoms with E-state index in [2.05, 4.69) is 15.2 Å². The van der Waals surface area contributed by atoms with Crippen molar-refractivity contribution in [2.24, 2.45) is 0 Å². The Labute approximate surface area is 175 Å². The number of rotatable bonds is 4. The zero-order valence-corrected chi connectivity index (χ0v) is 16.8. The lowest BCUT2D eigenvalue weighted by atomic mass is 10.0. The molecule has 1 N–H and O–H groups in total. The molecule has 1 aliphatic rings. The molecule has 0 radical (unpaired) electrons. The van der Waals surface area contributed by atoms with Crippen molar-refractivity contribution >= 4 is 16.8 Å². The molecular formula is C25H23N3O2. The predicted molar refractivity (Wildman–Crippen MR) is 121 cm³/mol. The number of anilines is 1. The number of likely N-dealkylation sites (N-methyl/N-ethyl adjacent to an activating group) is 1. The molecule has 0 amide bonds. The maximum atomic E-state index is 13.1. The molecule has 2 aromatic heterocycles. The van der Waals surface area contributed by atoms with Crippen LogP contribution in [0.5, 0.6) is 0 Å². The van der Waals surface area contributed by atoms with Gasteiger partial charge in [0.25, 0.3) is 0 Å². The van der Waals surface area contributed by atoms with Crippen LogP contribution in [-0.4, -0.2) is 31.2 Å². The summed E-state index contributed by atoms with van der Waals surface area (Å²) in [5.41, 5.74) is 3.96. The van der Waals surface area contributed by atoms with Crippen molar-refractivity contribution in [3.8, 4) is 22.3 Å². The highest BCUT2D eigenvalue weighted by Crippen LogP contribution is 2.26. The van der Waals surface area contributed by atoms with Crippen molar-refractivity contribution in [2.75, 3.05) is 25.0 Å². The van der Waals surface area contributed by atoms with Crippen LogP contribution in [0, 0.1) is 0 Å². The Bertz CT molecular complexity index is 1230. The summed E-state index contributed by atoms with van der Waals surface area (Å²) in [5.74, 6) is 0.939. The molecule has 30 heavy (non-hydrogen) atoms. The van der Waals surface area contributed by atoms with Crippen molar-refractivity contribution < 1.29 is 4.42 Å². The molecule has 5 rings (SSSR count). The van der Waals surface area contributed by atoms with Crippen LogP contribution in [0.4, 0.5) is 5.82 Å². The number of benzene rings is 2. The van der Waals surface area contributed by atoms with E-state index >= 15 is 0 Å². The molecule has 1 atom stereocenters. The number of pyridine rings is 1. The van der Waals surface area contributed by atoms with Gasteiger partial charge in [0.1, 0.15) is 17.7 Å². The van der Waals surface area contributed by atoms with Gasteiger partial charge >= 0.3 is 0 Å². The lowest BCUT2D eigenvalue weighted by Crippen LogP contribution is -2.29. The normalized spacial score (nSPS) is 16.3. The zero-order chi connectivity index (χ0) is 20.5. The molecule has 5 heteroatoms. The third-order valence-electron chi connectivity index (χ3n) is 5.86. The first-order valence-electron chi connectivity index (χ1n) is 10.2. The standard InChI is InChI=1S/C25H23N3O2/c1-26-20-11-12-28(15-20)24-10-8-19(14-27-24)22-16-30-23-13-18(7-9-21(23)25(22)29)17-5-3-2-4-6-17/h2-10,13-14,16,20,26H,11-12,15H2,1H3/t20-/m0/s1. The molecule has 4 aromatic rings. The van der Waals surface area contributed by atoms with Crippen molar-refractivity contribution in [3.63, 3.8) is 0 Å². The second-order valence-electron chi connectivity index (χ2n) is 7.68. The van der Waals surface area contributed by atoms with E-state index in [0.717, 1.165) is 42.0 Å². The van der Waals surface area contributed by atoms with Gasteiger partial charge in [-0.15, -0.1) is 0 Å². The van der Waals surface area contributed by atoms with Crippen LogP contribution in [0.25, 0.3) is 33.2 Å². The van der Waals surface area contributed by atoms with Gasteiger partial charge in [-0.05, 0) is 48.9 Å². The number of nitrogens with one attached hydrogen (secondary N) is 1. The van der Waals surface area contributed by atoms with Gasteiger partial charge in [0.15, 0.2) is 0 Å². The molecule has 0 aliphatic carbocycles. The second-order valence-corrected chi connectivity index (χ2v) is 7.68. The summed E-state index contributed by atoms with van der Waals surface area (Å²) in [7, 11) is 1.99. The lowest BCUT2D eigenvalue weighted by Gasteiger charge is -2.17. The first-order chi connectivity index (χ1) is 14.7.